The van der Waals surface area contributed by atoms with E-state index < -0.39 is 0 Å². The Hall–Kier alpha value is -1.81. The summed E-state index contributed by atoms with van der Waals surface area (Å²) in [7, 11) is 0. The van der Waals surface area contributed by atoms with Crippen molar-refractivity contribution in [2.24, 2.45) is 0 Å². The number of thiophene rings is 1. The lowest BCUT2D eigenvalue weighted by molar-refractivity contribution is 0.717. The molecule has 4 heteroatoms. The SMILES string of the molecule is Nc1ccc2c(c1)ncn2CCc1ccsc1. The second-order valence-corrected chi connectivity index (χ2v) is 4.85. The van der Waals surface area contributed by atoms with Gasteiger partial charge in [-0.1, -0.05) is 0 Å². The molecule has 0 aliphatic rings. The average molecular weight is 243 g/mol. The van der Waals surface area contributed by atoms with Crippen LogP contribution < -0.4 is 5.73 Å². The van der Waals surface area contributed by atoms with Crippen molar-refractivity contribution in [3.05, 3.63) is 46.9 Å². The molecule has 0 aliphatic carbocycles. The first-order chi connectivity index (χ1) is 8.33. The Balaban J connectivity index is 1.86. The van der Waals surface area contributed by atoms with Gasteiger partial charge >= 0.3 is 0 Å². The number of anilines is 1. The Morgan fingerprint density at radius 3 is 3.06 bits per heavy atom. The lowest BCUT2D eigenvalue weighted by Gasteiger charge is -2.03. The van der Waals surface area contributed by atoms with E-state index >= 15 is 0 Å². The number of nitrogens with two attached hydrogens (primary N) is 1. The summed E-state index contributed by atoms with van der Waals surface area (Å²) in [6.45, 7) is 0.956. The van der Waals surface area contributed by atoms with Crippen LogP contribution in [0, 0.1) is 0 Å². The summed E-state index contributed by atoms with van der Waals surface area (Å²) < 4.78 is 2.17. The van der Waals surface area contributed by atoms with Gasteiger partial charge in [-0.05, 0) is 47.0 Å². The summed E-state index contributed by atoms with van der Waals surface area (Å²) in [5, 5.41) is 4.30. The predicted molar refractivity (Wildman–Crippen MR) is 72.2 cm³/mol. The van der Waals surface area contributed by atoms with Gasteiger partial charge in [-0.3, -0.25) is 0 Å². The zero-order chi connectivity index (χ0) is 11.7. The third-order valence-corrected chi connectivity index (χ3v) is 3.60. The maximum atomic E-state index is 5.74. The van der Waals surface area contributed by atoms with Crippen LogP contribution in [-0.2, 0) is 13.0 Å². The van der Waals surface area contributed by atoms with E-state index in [1.54, 1.807) is 11.3 Å². The summed E-state index contributed by atoms with van der Waals surface area (Å²) in [4.78, 5) is 4.36. The fourth-order valence-electron chi connectivity index (χ4n) is 1.94. The highest BCUT2D eigenvalue weighted by Crippen LogP contribution is 2.17. The Kier molecular flexibility index (Phi) is 2.57. The van der Waals surface area contributed by atoms with Crippen LogP contribution in [0.15, 0.2) is 41.4 Å². The average Bonchev–Trinajstić information content (AvgIpc) is 2.94. The van der Waals surface area contributed by atoms with Crippen molar-refractivity contribution < 1.29 is 0 Å². The molecule has 0 atom stereocenters. The second kappa shape index (κ2) is 4.22. The summed E-state index contributed by atoms with van der Waals surface area (Å²) in [5.74, 6) is 0. The monoisotopic (exact) mass is 243 g/mol. The van der Waals surface area contributed by atoms with Crippen LogP contribution >= 0.6 is 11.3 Å². The van der Waals surface area contributed by atoms with Gasteiger partial charge in [-0.15, -0.1) is 0 Å². The normalized spacial score (nSPS) is 11.1. The van der Waals surface area contributed by atoms with Gasteiger partial charge in [0.2, 0.25) is 0 Å². The second-order valence-electron chi connectivity index (χ2n) is 4.07. The molecule has 3 nitrogen and oxygen atoms in total. The highest BCUT2D eigenvalue weighted by Gasteiger charge is 2.03. The molecule has 0 radical (unpaired) electrons. The maximum Gasteiger partial charge on any atom is 0.0958 e. The highest BCUT2D eigenvalue weighted by atomic mass is 32.1. The Labute approximate surface area is 104 Å². The molecule has 1 aromatic carbocycles. The van der Waals surface area contributed by atoms with E-state index in [0.29, 0.717) is 0 Å². The van der Waals surface area contributed by atoms with Crippen molar-refractivity contribution in [1.82, 2.24) is 9.55 Å². The van der Waals surface area contributed by atoms with Crippen molar-refractivity contribution in [3.8, 4) is 0 Å². The minimum atomic E-state index is 0.764. The fraction of sp³-hybridized carbons (Fsp3) is 0.154. The van der Waals surface area contributed by atoms with Gasteiger partial charge in [0.25, 0.3) is 0 Å². The van der Waals surface area contributed by atoms with Gasteiger partial charge in [-0.2, -0.15) is 11.3 Å². The van der Waals surface area contributed by atoms with Crippen LogP contribution in [0.3, 0.4) is 0 Å². The van der Waals surface area contributed by atoms with Crippen LogP contribution in [0.4, 0.5) is 5.69 Å². The number of fused-ring (bicyclic) bond motifs is 1. The number of hydrogen-bond donors (Lipinski definition) is 1. The van der Waals surface area contributed by atoms with Gasteiger partial charge in [0.1, 0.15) is 0 Å². The molecular formula is C13H13N3S. The van der Waals surface area contributed by atoms with Crippen LogP contribution in [0.25, 0.3) is 11.0 Å². The number of rotatable bonds is 3. The Morgan fingerprint density at radius 2 is 2.24 bits per heavy atom. The Bertz CT molecular complexity index is 625. The number of benzene rings is 1. The van der Waals surface area contributed by atoms with Crippen LogP contribution in [-0.4, -0.2) is 9.55 Å². The van der Waals surface area contributed by atoms with E-state index in [1.807, 2.05) is 24.5 Å². The van der Waals surface area contributed by atoms with Crippen molar-refractivity contribution in [2.75, 3.05) is 5.73 Å². The zero-order valence-corrected chi connectivity index (χ0v) is 10.2. The highest BCUT2D eigenvalue weighted by molar-refractivity contribution is 7.07. The Morgan fingerprint density at radius 1 is 1.29 bits per heavy atom. The molecule has 0 unspecified atom stereocenters. The molecule has 0 saturated heterocycles. The standard InChI is InChI=1S/C13H13N3S/c14-11-1-2-13-12(7-11)15-9-16(13)5-3-10-4-6-17-8-10/h1-2,4,6-9H,3,5,14H2. The van der Waals surface area contributed by atoms with Gasteiger partial charge in [0.05, 0.1) is 17.4 Å². The molecule has 2 N–H and O–H groups in total. The minimum Gasteiger partial charge on any atom is -0.399 e. The van der Waals surface area contributed by atoms with E-state index in [4.69, 9.17) is 5.73 Å². The predicted octanol–water partition coefficient (Wildman–Crippen LogP) is 2.92. The smallest absolute Gasteiger partial charge is 0.0958 e. The molecule has 2 heterocycles. The molecule has 0 amide bonds. The summed E-state index contributed by atoms with van der Waals surface area (Å²) >= 11 is 1.74. The van der Waals surface area contributed by atoms with Crippen LogP contribution in [0.2, 0.25) is 0 Å². The number of nitrogens with zero attached hydrogens (tertiary/aromatic N) is 2. The molecule has 0 aliphatic heterocycles. The van der Waals surface area contributed by atoms with E-state index in [-0.39, 0.29) is 0 Å². The molecule has 2 aromatic heterocycles. The zero-order valence-electron chi connectivity index (χ0n) is 9.34. The number of aromatic nitrogens is 2. The largest absolute Gasteiger partial charge is 0.399 e. The molecule has 0 fully saturated rings. The van der Waals surface area contributed by atoms with Gasteiger partial charge in [0, 0.05) is 12.2 Å². The van der Waals surface area contributed by atoms with Gasteiger partial charge < -0.3 is 10.3 Å². The van der Waals surface area contributed by atoms with Crippen molar-refractivity contribution in [3.63, 3.8) is 0 Å². The molecule has 0 bridgehead atoms. The molecular weight excluding hydrogens is 230 g/mol. The van der Waals surface area contributed by atoms with Gasteiger partial charge in [-0.25, -0.2) is 4.98 Å². The first kappa shape index (κ1) is 10.4. The first-order valence-corrected chi connectivity index (χ1v) is 6.48. The van der Waals surface area contributed by atoms with Crippen molar-refractivity contribution >= 4 is 28.1 Å². The summed E-state index contributed by atoms with van der Waals surface area (Å²) in [6, 6.07) is 8.04. The third kappa shape index (κ3) is 2.03. The van der Waals surface area contributed by atoms with Crippen molar-refractivity contribution in [2.45, 2.75) is 13.0 Å². The quantitative estimate of drug-likeness (QED) is 0.719. The summed E-state index contributed by atoms with van der Waals surface area (Å²) in [6.07, 6.45) is 2.93. The molecule has 17 heavy (non-hydrogen) atoms. The molecule has 0 spiro atoms. The van der Waals surface area contributed by atoms with Crippen LogP contribution in [0.1, 0.15) is 5.56 Å². The van der Waals surface area contributed by atoms with E-state index in [9.17, 15) is 0 Å². The summed E-state index contributed by atoms with van der Waals surface area (Å²) in [5.41, 5.74) is 10.00. The number of nitrogen functional groups attached to an aromatic ring is 1. The van der Waals surface area contributed by atoms with Crippen molar-refractivity contribution in [1.29, 1.82) is 0 Å². The number of imidazole rings is 1. The van der Waals surface area contributed by atoms with E-state index in [0.717, 1.165) is 29.7 Å². The lowest BCUT2D eigenvalue weighted by Crippen LogP contribution is -1.98. The lowest BCUT2D eigenvalue weighted by atomic mass is 10.2. The van der Waals surface area contributed by atoms with E-state index in [1.165, 1.54) is 5.56 Å². The van der Waals surface area contributed by atoms with Gasteiger partial charge in [0.15, 0.2) is 0 Å². The fourth-order valence-corrected chi connectivity index (χ4v) is 2.65. The third-order valence-electron chi connectivity index (χ3n) is 2.87. The first-order valence-electron chi connectivity index (χ1n) is 5.54. The molecule has 3 rings (SSSR count). The van der Waals surface area contributed by atoms with Crippen LogP contribution in [0.5, 0.6) is 0 Å². The molecule has 3 aromatic rings. The number of hydrogen-bond acceptors (Lipinski definition) is 3. The minimum absolute atomic E-state index is 0.764. The molecule has 86 valence electrons. The molecule has 0 saturated carbocycles. The number of aryl methyl sites for hydroxylation is 2. The maximum absolute atomic E-state index is 5.74. The van der Waals surface area contributed by atoms with E-state index in [2.05, 4.69) is 26.4 Å². The topological polar surface area (TPSA) is 43.8 Å².